The van der Waals surface area contributed by atoms with Crippen molar-refractivity contribution in [3.63, 3.8) is 0 Å². The zero-order valence-corrected chi connectivity index (χ0v) is 10.1. The molecule has 94 valence electrons. The van der Waals surface area contributed by atoms with E-state index in [4.69, 9.17) is 5.73 Å². The number of carbonyl (C=O) groups excluding carboxylic acids is 2. The second-order valence-corrected chi connectivity index (χ2v) is 4.63. The van der Waals surface area contributed by atoms with Gasteiger partial charge in [0.15, 0.2) is 6.10 Å². The lowest BCUT2D eigenvalue weighted by Crippen LogP contribution is -2.50. The molecule has 0 radical (unpaired) electrons. The molecule has 1 unspecified atom stereocenters. The van der Waals surface area contributed by atoms with Crippen molar-refractivity contribution in [3.05, 3.63) is 0 Å². The fraction of sp³-hybridized carbons (Fsp3) is 0.800. The number of rotatable bonds is 4. The Balaban J connectivity index is 4.13. The van der Waals surface area contributed by atoms with E-state index in [1.165, 1.54) is 0 Å². The van der Waals surface area contributed by atoms with E-state index in [2.05, 4.69) is 10.1 Å². The fourth-order valence-electron chi connectivity index (χ4n) is 0.920. The van der Waals surface area contributed by atoms with Crippen LogP contribution in [0, 0.1) is 5.41 Å². The Morgan fingerprint density at radius 1 is 1.44 bits per heavy atom. The summed E-state index contributed by atoms with van der Waals surface area (Å²) < 4.78 is 4.30. The number of amides is 1. The third-order valence-corrected chi connectivity index (χ3v) is 2.16. The number of hydrogen-bond donors (Lipinski definition) is 3. The van der Waals surface area contributed by atoms with Crippen LogP contribution in [-0.4, -0.2) is 42.8 Å². The highest BCUT2D eigenvalue weighted by atomic mass is 16.5. The van der Waals surface area contributed by atoms with E-state index < -0.39 is 24.0 Å². The number of aliphatic hydroxyl groups is 1. The van der Waals surface area contributed by atoms with Gasteiger partial charge in [0, 0.05) is 0 Å². The molecule has 0 aliphatic rings. The van der Waals surface area contributed by atoms with Crippen molar-refractivity contribution in [2.24, 2.45) is 11.1 Å². The molecule has 2 atom stereocenters. The number of hydrogen-bond acceptors (Lipinski definition) is 5. The summed E-state index contributed by atoms with van der Waals surface area (Å²) in [5.41, 5.74) is 5.30. The number of ether oxygens (including phenoxy) is 1. The molecule has 0 aliphatic carbocycles. The molecule has 0 aromatic carbocycles. The molecule has 16 heavy (non-hydrogen) atoms. The molecule has 6 heteroatoms. The van der Waals surface area contributed by atoms with E-state index >= 15 is 0 Å². The van der Waals surface area contributed by atoms with Crippen molar-refractivity contribution < 1.29 is 19.4 Å². The summed E-state index contributed by atoms with van der Waals surface area (Å²) in [7, 11) is 1.16. The number of carbonyl (C=O) groups is 2. The third-order valence-electron chi connectivity index (χ3n) is 2.16. The number of aliphatic hydroxyl groups excluding tert-OH is 1. The average molecular weight is 232 g/mol. The molecule has 0 heterocycles. The van der Waals surface area contributed by atoms with Gasteiger partial charge in [0.25, 0.3) is 0 Å². The standard InChI is InChI=1S/C10H20N2O4/c1-10(2,3)7(11)8(14)12-5-6(13)9(15)16-4/h6-7,13H,5,11H2,1-4H3,(H,12,14)/t6?,7-/m1/s1. The van der Waals surface area contributed by atoms with Crippen molar-refractivity contribution >= 4 is 11.9 Å². The maximum atomic E-state index is 11.5. The molecule has 0 aromatic rings. The van der Waals surface area contributed by atoms with Gasteiger partial charge in [-0.2, -0.15) is 0 Å². The Morgan fingerprint density at radius 3 is 2.31 bits per heavy atom. The molecule has 1 amide bonds. The summed E-state index contributed by atoms with van der Waals surface area (Å²) >= 11 is 0. The number of nitrogens with two attached hydrogens (primary N) is 1. The van der Waals surface area contributed by atoms with Crippen LogP contribution in [0.5, 0.6) is 0 Å². The summed E-state index contributed by atoms with van der Waals surface area (Å²) in [6.07, 6.45) is -1.36. The van der Waals surface area contributed by atoms with Gasteiger partial charge in [-0.3, -0.25) is 4.79 Å². The van der Waals surface area contributed by atoms with Gasteiger partial charge in [-0.1, -0.05) is 20.8 Å². The lowest BCUT2D eigenvalue weighted by atomic mass is 9.87. The van der Waals surface area contributed by atoms with Crippen LogP contribution in [0.15, 0.2) is 0 Å². The first kappa shape index (κ1) is 14.9. The van der Waals surface area contributed by atoms with Gasteiger partial charge in [0.1, 0.15) is 0 Å². The lowest BCUT2D eigenvalue weighted by molar-refractivity contribution is -0.150. The van der Waals surface area contributed by atoms with E-state index in [1.807, 2.05) is 20.8 Å². The summed E-state index contributed by atoms with van der Waals surface area (Å²) in [5, 5.41) is 11.6. The molecule has 0 saturated heterocycles. The first-order valence-electron chi connectivity index (χ1n) is 4.99. The van der Waals surface area contributed by atoms with Crippen LogP contribution < -0.4 is 11.1 Å². The zero-order chi connectivity index (χ0) is 12.9. The topological polar surface area (TPSA) is 102 Å². The highest BCUT2D eigenvalue weighted by Gasteiger charge is 2.28. The Hall–Kier alpha value is -1.14. The van der Waals surface area contributed by atoms with E-state index in [-0.39, 0.29) is 12.0 Å². The van der Waals surface area contributed by atoms with Gasteiger partial charge in [-0.15, -0.1) is 0 Å². The largest absolute Gasteiger partial charge is 0.467 e. The van der Waals surface area contributed by atoms with Gasteiger partial charge in [-0.05, 0) is 5.41 Å². The second-order valence-electron chi connectivity index (χ2n) is 4.63. The summed E-state index contributed by atoms with van der Waals surface area (Å²) in [6.45, 7) is 5.28. The van der Waals surface area contributed by atoms with Gasteiger partial charge >= 0.3 is 5.97 Å². The smallest absolute Gasteiger partial charge is 0.336 e. The van der Waals surface area contributed by atoms with Crippen LogP contribution >= 0.6 is 0 Å². The number of methoxy groups -OCH3 is 1. The SMILES string of the molecule is COC(=O)C(O)CNC(=O)[C@@H](N)C(C)(C)C. The normalized spacial score (nSPS) is 15.1. The van der Waals surface area contributed by atoms with Crippen molar-refractivity contribution in [1.29, 1.82) is 0 Å². The van der Waals surface area contributed by atoms with Crippen LogP contribution in [0.2, 0.25) is 0 Å². The maximum Gasteiger partial charge on any atom is 0.336 e. The lowest BCUT2D eigenvalue weighted by Gasteiger charge is -2.26. The molecule has 4 N–H and O–H groups in total. The van der Waals surface area contributed by atoms with Gasteiger partial charge in [-0.25, -0.2) is 4.79 Å². The van der Waals surface area contributed by atoms with Crippen LogP contribution in [0.4, 0.5) is 0 Å². The molecule has 0 fully saturated rings. The Morgan fingerprint density at radius 2 is 1.94 bits per heavy atom. The van der Waals surface area contributed by atoms with Gasteiger partial charge < -0.3 is 20.9 Å². The predicted octanol–water partition coefficient (Wildman–Crippen LogP) is -0.990. The highest BCUT2D eigenvalue weighted by Crippen LogP contribution is 2.16. The van der Waals surface area contributed by atoms with Gasteiger partial charge in [0.2, 0.25) is 5.91 Å². The van der Waals surface area contributed by atoms with Crippen LogP contribution in [0.1, 0.15) is 20.8 Å². The molecular formula is C10H20N2O4. The Labute approximate surface area is 95.1 Å². The average Bonchev–Trinajstić information content (AvgIpc) is 2.21. The van der Waals surface area contributed by atoms with Crippen LogP contribution in [-0.2, 0) is 14.3 Å². The predicted molar refractivity (Wildman–Crippen MR) is 58.5 cm³/mol. The Kier molecular flexibility index (Phi) is 5.40. The summed E-state index contributed by atoms with van der Waals surface area (Å²) in [5.74, 6) is -1.19. The summed E-state index contributed by atoms with van der Waals surface area (Å²) in [6, 6.07) is -0.697. The maximum absolute atomic E-state index is 11.5. The molecule has 0 saturated carbocycles. The first-order valence-corrected chi connectivity index (χ1v) is 4.99. The minimum absolute atomic E-state index is 0.199. The monoisotopic (exact) mass is 232 g/mol. The van der Waals surface area contributed by atoms with Crippen molar-refractivity contribution in [2.45, 2.75) is 32.9 Å². The van der Waals surface area contributed by atoms with E-state index in [0.717, 1.165) is 7.11 Å². The minimum Gasteiger partial charge on any atom is -0.467 e. The van der Waals surface area contributed by atoms with Gasteiger partial charge in [0.05, 0.1) is 19.7 Å². The molecular weight excluding hydrogens is 212 g/mol. The third kappa shape index (κ3) is 4.59. The molecule has 0 spiro atoms. The van der Waals surface area contributed by atoms with Crippen LogP contribution in [0.25, 0.3) is 0 Å². The quantitative estimate of drug-likeness (QED) is 0.540. The van der Waals surface area contributed by atoms with Crippen molar-refractivity contribution in [3.8, 4) is 0 Å². The first-order chi connectivity index (χ1) is 7.20. The summed E-state index contributed by atoms with van der Waals surface area (Å²) in [4.78, 5) is 22.3. The Bertz CT molecular complexity index is 260. The van der Waals surface area contributed by atoms with E-state index in [0.29, 0.717) is 0 Å². The zero-order valence-electron chi connectivity index (χ0n) is 10.1. The van der Waals surface area contributed by atoms with Crippen molar-refractivity contribution in [1.82, 2.24) is 5.32 Å². The second kappa shape index (κ2) is 5.81. The van der Waals surface area contributed by atoms with E-state index in [1.54, 1.807) is 0 Å². The molecule has 0 aromatic heterocycles. The molecule has 0 bridgehead atoms. The fourth-order valence-corrected chi connectivity index (χ4v) is 0.920. The highest BCUT2D eigenvalue weighted by molar-refractivity contribution is 5.83. The number of nitrogens with one attached hydrogen (secondary N) is 1. The molecule has 0 rings (SSSR count). The number of esters is 1. The van der Waals surface area contributed by atoms with E-state index in [9.17, 15) is 14.7 Å². The molecule has 6 nitrogen and oxygen atoms in total. The molecule has 0 aliphatic heterocycles. The van der Waals surface area contributed by atoms with Crippen LogP contribution in [0.3, 0.4) is 0 Å². The minimum atomic E-state index is -1.36. The van der Waals surface area contributed by atoms with Crippen molar-refractivity contribution in [2.75, 3.05) is 13.7 Å².